The van der Waals surface area contributed by atoms with Gasteiger partial charge in [0.15, 0.2) is 18.1 Å². The van der Waals surface area contributed by atoms with E-state index in [1.807, 2.05) is 12.1 Å². The minimum absolute atomic E-state index is 0.0925. The van der Waals surface area contributed by atoms with Crippen molar-refractivity contribution in [2.75, 3.05) is 27.9 Å². The summed E-state index contributed by atoms with van der Waals surface area (Å²) in [6.07, 6.45) is 0. The second-order valence-electron chi connectivity index (χ2n) is 3.01. The largest absolute Gasteiger partial charge is 0.493 e. The van der Waals surface area contributed by atoms with E-state index in [4.69, 9.17) is 14.3 Å². The molecule has 0 aliphatic rings. The molecule has 1 aromatic rings. The lowest BCUT2D eigenvalue weighted by Crippen LogP contribution is -2.30. The van der Waals surface area contributed by atoms with Gasteiger partial charge in [0.2, 0.25) is 0 Å². The third-order valence-electron chi connectivity index (χ3n) is 2.05. The molecule has 0 heterocycles. The first kappa shape index (κ1) is 12.3. The highest BCUT2D eigenvalue weighted by Gasteiger charge is 2.10. The van der Waals surface area contributed by atoms with Crippen LogP contribution in [0.3, 0.4) is 0 Å². The molecule has 5 heteroatoms. The molecule has 0 saturated carbocycles. The molecule has 1 rings (SSSR count). The number of carbonyl (C=O) groups is 1. The maximum atomic E-state index is 11.4. The Morgan fingerprint density at radius 3 is 2.44 bits per heavy atom. The molecule has 88 valence electrons. The molecular formula is C11H15NO4. The van der Waals surface area contributed by atoms with E-state index in [1.165, 1.54) is 14.2 Å². The molecule has 16 heavy (non-hydrogen) atoms. The summed E-state index contributed by atoms with van der Waals surface area (Å²) in [4.78, 5) is 16.1. The zero-order chi connectivity index (χ0) is 12.0. The van der Waals surface area contributed by atoms with E-state index >= 15 is 0 Å². The van der Waals surface area contributed by atoms with Crippen molar-refractivity contribution >= 4 is 5.91 Å². The molecule has 1 amide bonds. The fourth-order valence-corrected chi connectivity index (χ4v) is 1.07. The average Bonchev–Trinajstić information content (AvgIpc) is 2.35. The van der Waals surface area contributed by atoms with Crippen molar-refractivity contribution in [3.05, 3.63) is 24.3 Å². The highest BCUT2D eigenvalue weighted by Crippen LogP contribution is 2.25. The number of para-hydroxylation sites is 2. The molecule has 0 bridgehead atoms. The van der Waals surface area contributed by atoms with Crippen LogP contribution in [0.1, 0.15) is 0 Å². The average molecular weight is 225 g/mol. The Morgan fingerprint density at radius 2 is 1.88 bits per heavy atom. The zero-order valence-corrected chi connectivity index (χ0v) is 9.60. The molecule has 0 spiro atoms. The lowest BCUT2D eigenvalue weighted by atomic mass is 10.3. The third-order valence-corrected chi connectivity index (χ3v) is 2.05. The Kier molecular flexibility index (Phi) is 4.60. The molecule has 0 atom stereocenters. The van der Waals surface area contributed by atoms with Gasteiger partial charge in [-0.15, -0.1) is 0 Å². The summed E-state index contributed by atoms with van der Waals surface area (Å²) >= 11 is 0. The van der Waals surface area contributed by atoms with Crippen LogP contribution in [0, 0.1) is 0 Å². The fraction of sp³-hybridized carbons (Fsp3) is 0.364. The van der Waals surface area contributed by atoms with Crippen LogP contribution < -0.4 is 9.47 Å². The minimum atomic E-state index is -0.270. The highest BCUT2D eigenvalue weighted by atomic mass is 16.7. The van der Waals surface area contributed by atoms with Gasteiger partial charge in [-0.05, 0) is 12.1 Å². The number of likely N-dealkylation sites (N-methyl/N-ethyl adjacent to an activating group) is 1. The number of hydrogen-bond acceptors (Lipinski definition) is 4. The van der Waals surface area contributed by atoms with E-state index in [0.29, 0.717) is 11.5 Å². The molecule has 0 fully saturated rings. The normalized spacial score (nSPS) is 9.69. The second-order valence-corrected chi connectivity index (χ2v) is 3.01. The molecule has 0 N–H and O–H groups in total. The van der Waals surface area contributed by atoms with E-state index in [1.54, 1.807) is 19.2 Å². The molecular weight excluding hydrogens is 210 g/mol. The molecule has 0 radical (unpaired) electrons. The zero-order valence-electron chi connectivity index (χ0n) is 9.60. The predicted octanol–water partition coefficient (Wildman–Crippen LogP) is 1.09. The Morgan fingerprint density at radius 1 is 1.25 bits per heavy atom. The molecule has 0 saturated heterocycles. The van der Waals surface area contributed by atoms with Crippen molar-refractivity contribution in [2.45, 2.75) is 0 Å². The lowest BCUT2D eigenvalue weighted by molar-refractivity contribution is -0.170. The summed E-state index contributed by atoms with van der Waals surface area (Å²) < 4.78 is 10.4. The number of ether oxygens (including phenoxy) is 2. The van der Waals surface area contributed by atoms with E-state index < -0.39 is 0 Å². The summed E-state index contributed by atoms with van der Waals surface area (Å²) in [5, 5.41) is 1.11. The number of amides is 1. The van der Waals surface area contributed by atoms with Crippen LogP contribution >= 0.6 is 0 Å². The van der Waals surface area contributed by atoms with E-state index in [9.17, 15) is 4.79 Å². The number of rotatable bonds is 5. The highest BCUT2D eigenvalue weighted by molar-refractivity contribution is 5.76. The smallest absolute Gasteiger partial charge is 0.283 e. The van der Waals surface area contributed by atoms with Gasteiger partial charge in [0.05, 0.1) is 14.2 Å². The van der Waals surface area contributed by atoms with Crippen molar-refractivity contribution in [3.8, 4) is 11.5 Å². The van der Waals surface area contributed by atoms with Gasteiger partial charge in [0, 0.05) is 7.05 Å². The Balaban J connectivity index is 2.57. The third kappa shape index (κ3) is 3.13. The fourth-order valence-electron chi connectivity index (χ4n) is 1.07. The quantitative estimate of drug-likeness (QED) is 0.704. The number of carbonyl (C=O) groups excluding carboxylic acids is 1. The number of nitrogens with zero attached hydrogens (tertiary/aromatic N) is 1. The summed E-state index contributed by atoms with van der Waals surface area (Å²) in [7, 11) is 4.49. The lowest BCUT2D eigenvalue weighted by Gasteiger charge is -2.15. The Bertz CT molecular complexity index is 354. The van der Waals surface area contributed by atoms with Crippen molar-refractivity contribution < 1.29 is 19.1 Å². The number of methoxy groups -OCH3 is 1. The standard InChI is InChI=1S/C11H15NO4/c1-12(15-3)11(13)8-16-10-7-5-4-6-9(10)14-2/h4-7H,8H2,1-3H3. The molecule has 0 aromatic heterocycles. The maximum absolute atomic E-state index is 11.4. The van der Waals surface area contributed by atoms with Crippen LogP contribution in [0.4, 0.5) is 0 Å². The SMILES string of the molecule is COc1ccccc1OCC(=O)N(C)OC. The van der Waals surface area contributed by atoms with Crippen LogP contribution in [0.15, 0.2) is 24.3 Å². The van der Waals surface area contributed by atoms with E-state index in [2.05, 4.69) is 0 Å². The van der Waals surface area contributed by atoms with Gasteiger partial charge >= 0.3 is 0 Å². The predicted molar refractivity (Wildman–Crippen MR) is 58.3 cm³/mol. The molecule has 1 aromatic carbocycles. The van der Waals surface area contributed by atoms with Crippen LogP contribution in [0.5, 0.6) is 11.5 Å². The van der Waals surface area contributed by atoms with Crippen LogP contribution in [0.25, 0.3) is 0 Å². The molecule has 5 nitrogen and oxygen atoms in total. The maximum Gasteiger partial charge on any atom is 0.283 e. The first-order valence-corrected chi connectivity index (χ1v) is 4.75. The van der Waals surface area contributed by atoms with Crippen LogP contribution in [-0.4, -0.2) is 38.8 Å². The first-order valence-electron chi connectivity index (χ1n) is 4.75. The van der Waals surface area contributed by atoms with Gasteiger partial charge in [-0.2, -0.15) is 0 Å². The molecule has 0 aliphatic heterocycles. The van der Waals surface area contributed by atoms with Gasteiger partial charge in [0.1, 0.15) is 0 Å². The Labute approximate surface area is 94.5 Å². The van der Waals surface area contributed by atoms with Crippen molar-refractivity contribution in [1.29, 1.82) is 0 Å². The van der Waals surface area contributed by atoms with Gasteiger partial charge < -0.3 is 9.47 Å². The molecule has 0 unspecified atom stereocenters. The topological polar surface area (TPSA) is 48.0 Å². The summed E-state index contributed by atoms with van der Waals surface area (Å²) in [5.41, 5.74) is 0. The summed E-state index contributed by atoms with van der Waals surface area (Å²) in [6, 6.07) is 7.13. The van der Waals surface area contributed by atoms with Gasteiger partial charge in [-0.1, -0.05) is 12.1 Å². The van der Waals surface area contributed by atoms with Gasteiger partial charge in [0.25, 0.3) is 5.91 Å². The van der Waals surface area contributed by atoms with E-state index in [-0.39, 0.29) is 12.5 Å². The van der Waals surface area contributed by atoms with Gasteiger partial charge in [-0.3, -0.25) is 9.63 Å². The van der Waals surface area contributed by atoms with Crippen molar-refractivity contribution in [1.82, 2.24) is 5.06 Å². The Hall–Kier alpha value is -1.75. The van der Waals surface area contributed by atoms with Crippen molar-refractivity contribution in [3.63, 3.8) is 0 Å². The monoisotopic (exact) mass is 225 g/mol. The first-order chi connectivity index (χ1) is 7.69. The van der Waals surface area contributed by atoms with Crippen molar-refractivity contribution in [2.24, 2.45) is 0 Å². The summed E-state index contributed by atoms with van der Waals surface area (Å²) in [6.45, 7) is -0.0925. The minimum Gasteiger partial charge on any atom is -0.493 e. The molecule has 0 aliphatic carbocycles. The van der Waals surface area contributed by atoms with E-state index in [0.717, 1.165) is 5.06 Å². The second kappa shape index (κ2) is 5.97. The number of hydrogen-bond donors (Lipinski definition) is 0. The van der Waals surface area contributed by atoms with Gasteiger partial charge in [-0.25, -0.2) is 5.06 Å². The number of hydroxylamine groups is 2. The van der Waals surface area contributed by atoms with Crippen LogP contribution in [0.2, 0.25) is 0 Å². The number of benzene rings is 1. The summed E-state index contributed by atoms with van der Waals surface area (Å²) in [5.74, 6) is 0.853. The van der Waals surface area contributed by atoms with Crippen LogP contribution in [-0.2, 0) is 9.63 Å².